The minimum atomic E-state index is -0.488. The molecule has 2 heterocycles. The topological polar surface area (TPSA) is 91.3 Å². The third-order valence-corrected chi connectivity index (χ3v) is 3.21. The van der Waals surface area contributed by atoms with Crippen LogP contribution in [0.3, 0.4) is 0 Å². The van der Waals surface area contributed by atoms with E-state index >= 15 is 0 Å². The Morgan fingerprint density at radius 3 is 2.85 bits per heavy atom. The molecule has 0 bridgehead atoms. The van der Waals surface area contributed by atoms with Gasteiger partial charge in [0.25, 0.3) is 5.91 Å². The fourth-order valence-electron chi connectivity index (χ4n) is 2.32. The van der Waals surface area contributed by atoms with Crippen LogP contribution < -0.4 is 0 Å². The number of nitrogens with zero attached hydrogens (tertiary/aromatic N) is 3. The molecule has 7 heteroatoms. The van der Waals surface area contributed by atoms with Crippen LogP contribution >= 0.6 is 0 Å². The van der Waals surface area contributed by atoms with Gasteiger partial charge in [-0.25, -0.2) is 4.98 Å². The summed E-state index contributed by atoms with van der Waals surface area (Å²) in [4.78, 5) is 18.3. The molecule has 1 aromatic heterocycles. The lowest BCUT2D eigenvalue weighted by molar-refractivity contribution is -0.139. The van der Waals surface area contributed by atoms with Crippen molar-refractivity contribution in [3.8, 4) is 0 Å². The Labute approximate surface area is 118 Å². The number of aliphatic hydroxyl groups excluding tert-OH is 1. The van der Waals surface area contributed by atoms with Crippen molar-refractivity contribution >= 4 is 5.91 Å². The minimum absolute atomic E-state index is 0.113. The van der Waals surface area contributed by atoms with Crippen LogP contribution in [0.4, 0.5) is 0 Å². The Morgan fingerprint density at radius 2 is 2.30 bits per heavy atom. The monoisotopic (exact) mass is 282 g/mol. The predicted molar refractivity (Wildman–Crippen MR) is 72.4 cm³/mol. The van der Waals surface area contributed by atoms with Crippen LogP contribution in [-0.4, -0.2) is 62.5 Å². The zero-order valence-electron chi connectivity index (χ0n) is 12.4. The van der Waals surface area contributed by atoms with Crippen LogP contribution in [0.15, 0.2) is 0 Å². The molecule has 0 spiro atoms. The van der Waals surface area contributed by atoms with Gasteiger partial charge in [0.1, 0.15) is 5.82 Å². The third kappa shape index (κ3) is 3.16. The summed E-state index contributed by atoms with van der Waals surface area (Å²) in [5.41, 5.74) is -0.488. The van der Waals surface area contributed by atoms with E-state index in [-0.39, 0.29) is 30.4 Å². The molecule has 0 aliphatic carbocycles. The SMILES string of the molecule is CC(C)c1nc(C(=O)N2CC(CO)OC(C)(C)C2)n[nH]1. The van der Waals surface area contributed by atoms with Gasteiger partial charge in [-0.05, 0) is 13.8 Å². The fourth-order valence-corrected chi connectivity index (χ4v) is 2.32. The number of hydrogen-bond acceptors (Lipinski definition) is 5. The van der Waals surface area contributed by atoms with E-state index in [2.05, 4.69) is 15.2 Å². The molecule has 2 rings (SSSR count). The Hall–Kier alpha value is -1.47. The first-order valence-corrected chi connectivity index (χ1v) is 6.82. The van der Waals surface area contributed by atoms with Gasteiger partial charge in [-0.3, -0.25) is 9.89 Å². The number of morpholine rings is 1. The molecule has 1 amide bonds. The van der Waals surface area contributed by atoms with Crippen LogP contribution in [-0.2, 0) is 4.74 Å². The first-order chi connectivity index (χ1) is 9.32. The highest BCUT2D eigenvalue weighted by atomic mass is 16.5. The van der Waals surface area contributed by atoms with E-state index in [9.17, 15) is 9.90 Å². The number of ether oxygens (including phenoxy) is 1. The second-order valence-electron chi connectivity index (χ2n) is 6.07. The second-order valence-corrected chi connectivity index (χ2v) is 6.07. The summed E-state index contributed by atoms with van der Waals surface area (Å²) in [6, 6.07) is 0. The molecule has 1 unspecified atom stereocenters. The summed E-state index contributed by atoms with van der Waals surface area (Å²) in [5.74, 6) is 0.820. The molecule has 1 aliphatic rings. The number of rotatable bonds is 3. The van der Waals surface area contributed by atoms with E-state index < -0.39 is 5.60 Å². The van der Waals surface area contributed by atoms with E-state index in [1.54, 1.807) is 4.90 Å². The van der Waals surface area contributed by atoms with Crippen LogP contribution in [0.2, 0.25) is 0 Å². The third-order valence-electron chi connectivity index (χ3n) is 3.21. The summed E-state index contributed by atoms with van der Waals surface area (Å²) in [6.07, 6.45) is -0.369. The number of carbonyl (C=O) groups excluding carboxylic acids is 1. The maximum atomic E-state index is 12.4. The lowest BCUT2D eigenvalue weighted by atomic mass is 10.1. The molecule has 0 radical (unpaired) electrons. The molecule has 1 fully saturated rings. The largest absolute Gasteiger partial charge is 0.394 e. The van der Waals surface area contributed by atoms with E-state index in [4.69, 9.17) is 4.74 Å². The van der Waals surface area contributed by atoms with Crippen LogP contribution in [0.5, 0.6) is 0 Å². The minimum Gasteiger partial charge on any atom is -0.394 e. The number of aliphatic hydroxyl groups is 1. The highest BCUT2D eigenvalue weighted by Gasteiger charge is 2.36. The van der Waals surface area contributed by atoms with Crippen LogP contribution in [0, 0.1) is 0 Å². The lowest BCUT2D eigenvalue weighted by Crippen LogP contribution is -2.55. The molecule has 2 N–H and O–H groups in total. The van der Waals surface area contributed by atoms with Crippen molar-refractivity contribution in [1.82, 2.24) is 20.1 Å². The van der Waals surface area contributed by atoms with Crippen molar-refractivity contribution in [3.63, 3.8) is 0 Å². The maximum Gasteiger partial charge on any atom is 0.293 e. The van der Waals surface area contributed by atoms with Gasteiger partial charge in [-0.15, -0.1) is 5.10 Å². The Balaban J connectivity index is 2.14. The summed E-state index contributed by atoms with van der Waals surface area (Å²) in [7, 11) is 0. The average Bonchev–Trinajstić information content (AvgIpc) is 2.85. The number of aromatic nitrogens is 3. The number of carbonyl (C=O) groups is 1. The molecule has 1 aromatic rings. The first-order valence-electron chi connectivity index (χ1n) is 6.82. The van der Waals surface area contributed by atoms with Gasteiger partial charge in [0.15, 0.2) is 0 Å². The van der Waals surface area contributed by atoms with Crippen molar-refractivity contribution in [3.05, 3.63) is 11.6 Å². The number of amides is 1. The number of H-pyrrole nitrogens is 1. The normalized spacial score (nSPS) is 22.3. The summed E-state index contributed by atoms with van der Waals surface area (Å²) in [5, 5.41) is 16.0. The highest BCUT2D eigenvalue weighted by molar-refractivity contribution is 5.90. The lowest BCUT2D eigenvalue weighted by Gasteiger charge is -2.41. The van der Waals surface area contributed by atoms with Gasteiger partial charge < -0.3 is 14.7 Å². The van der Waals surface area contributed by atoms with E-state index in [1.165, 1.54) is 0 Å². The van der Waals surface area contributed by atoms with Crippen molar-refractivity contribution in [1.29, 1.82) is 0 Å². The first kappa shape index (κ1) is 14.9. The van der Waals surface area contributed by atoms with Gasteiger partial charge in [0.2, 0.25) is 5.82 Å². The number of aromatic amines is 1. The number of hydrogen-bond donors (Lipinski definition) is 2. The summed E-state index contributed by atoms with van der Waals surface area (Å²) < 4.78 is 5.69. The van der Waals surface area contributed by atoms with Gasteiger partial charge >= 0.3 is 0 Å². The van der Waals surface area contributed by atoms with Crippen molar-refractivity contribution in [2.75, 3.05) is 19.7 Å². The van der Waals surface area contributed by atoms with Crippen molar-refractivity contribution in [2.45, 2.75) is 45.3 Å². The summed E-state index contributed by atoms with van der Waals surface area (Å²) in [6.45, 7) is 8.44. The molecule has 1 aliphatic heterocycles. The van der Waals surface area contributed by atoms with Crippen LogP contribution in [0.25, 0.3) is 0 Å². The van der Waals surface area contributed by atoms with Gasteiger partial charge in [-0.2, -0.15) is 0 Å². The molecular weight excluding hydrogens is 260 g/mol. The quantitative estimate of drug-likeness (QED) is 0.844. The molecular formula is C13H22N4O3. The average molecular weight is 282 g/mol. The van der Waals surface area contributed by atoms with E-state index in [0.717, 1.165) is 0 Å². The molecule has 1 atom stereocenters. The summed E-state index contributed by atoms with van der Waals surface area (Å²) >= 11 is 0. The molecule has 1 saturated heterocycles. The van der Waals surface area contributed by atoms with E-state index in [1.807, 2.05) is 27.7 Å². The van der Waals surface area contributed by atoms with Crippen molar-refractivity contribution in [2.24, 2.45) is 0 Å². The Bertz CT molecular complexity index is 484. The smallest absolute Gasteiger partial charge is 0.293 e. The maximum absolute atomic E-state index is 12.4. The van der Waals surface area contributed by atoms with Gasteiger partial charge in [0, 0.05) is 19.0 Å². The fraction of sp³-hybridized carbons (Fsp3) is 0.769. The van der Waals surface area contributed by atoms with Gasteiger partial charge in [-0.1, -0.05) is 13.8 Å². The predicted octanol–water partition coefficient (Wildman–Crippen LogP) is 0.540. The Morgan fingerprint density at radius 1 is 1.60 bits per heavy atom. The van der Waals surface area contributed by atoms with Crippen LogP contribution in [0.1, 0.15) is 50.1 Å². The molecule has 0 aromatic carbocycles. The van der Waals surface area contributed by atoms with Gasteiger partial charge in [0.05, 0.1) is 18.3 Å². The van der Waals surface area contributed by atoms with Crippen molar-refractivity contribution < 1.29 is 14.6 Å². The zero-order valence-corrected chi connectivity index (χ0v) is 12.4. The van der Waals surface area contributed by atoms with E-state index in [0.29, 0.717) is 18.9 Å². The molecule has 20 heavy (non-hydrogen) atoms. The standard InChI is InChI=1S/C13H22N4O3/c1-8(2)10-14-11(16-15-10)12(19)17-5-9(6-18)20-13(3,4)7-17/h8-9,18H,5-7H2,1-4H3,(H,14,15,16). The molecule has 7 nitrogen and oxygen atoms in total. The number of nitrogens with one attached hydrogen (secondary N) is 1. The zero-order chi connectivity index (χ0) is 14.9. The Kier molecular flexibility index (Phi) is 4.10. The molecule has 0 saturated carbocycles. The highest BCUT2D eigenvalue weighted by Crippen LogP contribution is 2.22. The second kappa shape index (κ2) is 5.49. The molecule has 112 valence electrons.